The lowest BCUT2D eigenvalue weighted by molar-refractivity contribution is -0.145. The quantitative estimate of drug-likeness (QED) is 0.728. The third kappa shape index (κ3) is 5.87. The van der Waals surface area contributed by atoms with Crippen molar-refractivity contribution >= 4 is 11.8 Å². The first kappa shape index (κ1) is 24.6. The van der Waals surface area contributed by atoms with Crippen molar-refractivity contribution < 1.29 is 19.1 Å². The van der Waals surface area contributed by atoms with Gasteiger partial charge in [-0.1, -0.05) is 13.8 Å². The molecule has 2 fully saturated rings. The van der Waals surface area contributed by atoms with Gasteiger partial charge in [0, 0.05) is 50.4 Å². The Morgan fingerprint density at radius 1 is 1.06 bits per heavy atom. The summed E-state index contributed by atoms with van der Waals surface area (Å²) in [6.45, 7) is 10.9. The van der Waals surface area contributed by atoms with Gasteiger partial charge < -0.3 is 14.9 Å². The molecule has 3 rings (SSSR count). The van der Waals surface area contributed by atoms with Crippen molar-refractivity contribution in [3.63, 3.8) is 0 Å². The van der Waals surface area contributed by atoms with Crippen LogP contribution in [0.2, 0.25) is 0 Å². The van der Waals surface area contributed by atoms with Crippen molar-refractivity contribution in [2.45, 2.75) is 71.1 Å². The summed E-state index contributed by atoms with van der Waals surface area (Å²) in [7, 11) is 0. The molecule has 0 spiro atoms. The summed E-state index contributed by atoms with van der Waals surface area (Å²) in [5, 5.41) is 10.3. The fraction of sp³-hybridized carbons (Fsp3) is 0.680. The molecule has 0 unspecified atom stereocenters. The number of piperidine rings is 1. The molecule has 2 saturated heterocycles. The fourth-order valence-electron chi connectivity index (χ4n) is 5.08. The van der Waals surface area contributed by atoms with E-state index >= 15 is 0 Å². The van der Waals surface area contributed by atoms with Gasteiger partial charge in [0.25, 0.3) is 5.91 Å². The van der Waals surface area contributed by atoms with E-state index in [2.05, 4.69) is 18.7 Å². The molecule has 2 aliphatic heterocycles. The molecule has 0 radical (unpaired) electrons. The minimum atomic E-state index is -0.775. The van der Waals surface area contributed by atoms with E-state index in [0.717, 1.165) is 32.2 Å². The Morgan fingerprint density at radius 3 is 2.31 bits per heavy atom. The molecule has 0 aliphatic carbocycles. The molecule has 2 aliphatic rings. The maximum Gasteiger partial charge on any atom is 0.253 e. The third-order valence-corrected chi connectivity index (χ3v) is 6.77. The molecule has 0 aromatic heterocycles. The Hall–Kier alpha value is -1.99. The van der Waals surface area contributed by atoms with E-state index in [1.54, 1.807) is 4.90 Å². The predicted octanol–water partition coefficient (Wildman–Crippen LogP) is 3.15. The lowest BCUT2D eigenvalue weighted by Crippen LogP contribution is -2.63. The number of hydrogen-bond donors (Lipinski definition) is 1. The smallest absolute Gasteiger partial charge is 0.253 e. The summed E-state index contributed by atoms with van der Waals surface area (Å²) >= 11 is 0. The van der Waals surface area contributed by atoms with E-state index in [0.29, 0.717) is 31.7 Å². The molecular weight excluding hydrogens is 409 g/mol. The summed E-state index contributed by atoms with van der Waals surface area (Å²) < 4.78 is 13.2. The zero-order valence-corrected chi connectivity index (χ0v) is 19.9. The number of aliphatic hydroxyl groups is 1. The standard InChI is InChI=1S/C25H38FN3O3/c1-5-21-16-29(22(6-2)15-28(21)17-25(3,4)32)24(31)19-8-7-13-27(14-19)23(30)18-9-11-20(26)12-10-18/h9-12,19,21-22,32H,5-8,13-17H2,1-4H3/t19-,21+,22+/m0/s1. The molecule has 1 aromatic rings. The number of piperazine rings is 1. The molecule has 3 atom stereocenters. The van der Waals surface area contributed by atoms with Gasteiger partial charge in [-0.2, -0.15) is 0 Å². The number of carbonyl (C=O) groups excluding carboxylic acids is 2. The van der Waals surface area contributed by atoms with Gasteiger partial charge in [0.1, 0.15) is 5.82 Å². The van der Waals surface area contributed by atoms with E-state index in [1.165, 1.54) is 24.3 Å². The first-order valence-corrected chi connectivity index (χ1v) is 11.9. The number of likely N-dealkylation sites (tertiary alicyclic amines) is 1. The maximum atomic E-state index is 13.6. The van der Waals surface area contributed by atoms with Crippen LogP contribution < -0.4 is 0 Å². The lowest BCUT2D eigenvalue weighted by Gasteiger charge is -2.49. The van der Waals surface area contributed by atoms with E-state index in [4.69, 9.17) is 0 Å². The maximum absolute atomic E-state index is 13.6. The molecule has 0 saturated carbocycles. The van der Waals surface area contributed by atoms with Crippen LogP contribution in [0.25, 0.3) is 0 Å². The number of halogens is 1. The highest BCUT2D eigenvalue weighted by atomic mass is 19.1. The largest absolute Gasteiger partial charge is 0.389 e. The van der Waals surface area contributed by atoms with Crippen LogP contribution in [0.5, 0.6) is 0 Å². The summed E-state index contributed by atoms with van der Waals surface area (Å²) in [6, 6.07) is 5.92. The average molecular weight is 448 g/mol. The van der Waals surface area contributed by atoms with E-state index in [9.17, 15) is 19.1 Å². The Balaban J connectivity index is 1.69. The number of nitrogens with zero attached hydrogens (tertiary/aromatic N) is 3. The number of benzene rings is 1. The van der Waals surface area contributed by atoms with Crippen LogP contribution in [0.15, 0.2) is 24.3 Å². The highest BCUT2D eigenvalue weighted by Gasteiger charge is 2.40. The molecule has 2 amide bonds. The van der Waals surface area contributed by atoms with E-state index < -0.39 is 5.60 Å². The monoisotopic (exact) mass is 447 g/mol. The van der Waals surface area contributed by atoms with Gasteiger partial charge in [-0.15, -0.1) is 0 Å². The molecule has 0 bridgehead atoms. The molecule has 7 heteroatoms. The molecule has 1 N–H and O–H groups in total. The average Bonchev–Trinajstić information content (AvgIpc) is 2.77. The number of amides is 2. The van der Waals surface area contributed by atoms with Crippen molar-refractivity contribution in [1.82, 2.24) is 14.7 Å². The number of β-amino-alcohol motifs (C(OH)–C–C–N with tert-alkyl or cyclic N) is 1. The Labute approximate surface area is 191 Å². The van der Waals surface area contributed by atoms with Crippen LogP contribution in [-0.2, 0) is 4.79 Å². The van der Waals surface area contributed by atoms with Crippen molar-refractivity contribution in [2.24, 2.45) is 5.92 Å². The molecule has 32 heavy (non-hydrogen) atoms. The highest BCUT2D eigenvalue weighted by Crippen LogP contribution is 2.27. The van der Waals surface area contributed by atoms with Crippen LogP contribution in [0.1, 0.15) is 63.7 Å². The zero-order chi connectivity index (χ0) is 23.5. The first-order chi connectivity index (χ1) is 15.1. The summed E-state index contributed by atoms with van der Waals surface area (Å²) in [6.07, 6.45) is 3.34. The van der Waals surface area contributed by atoms with Gasteiger partial charge >= 0.3 is 0 Å². The molecule has 6 nitrogen and oxygen atoms in total. The van der Waals surface area contributed by atoms with Gasteiger partial charge in [-0.05, 0) is 63.8 Å². The molecular formula is C25H38FN3O3. The summed E-state index contributed by atoms with van der Waals surface area (Å²) in [4.78, 5) is 32.6. The van der Waals surface area contributed by atoms with E-state index in [-0.39, 0.29) is 35.6 Å². The van der Waals surface area contributed by atoms with Crippen molar-refractivity contribution in [2.75, 3.05) is 32.7 Å². The van der Waals surface area contributed by atoms with Crippen LogP contribution >= 0.6 is 0 Å². The van der Waals surface area contributed by atoms with Gasteiger partial charge in [-0.25, -0.2) is 4.39 Å². The minimum absolute atomic E-state index is 0.107. The van der Waals surface area contributed by atoms with Gasteiger partial charge in [0.05, 0.1) is 11.5 Å². The second-order valence-corrected chi connectivity index (χ2v) is 9.95. The fourth-order valence-corrected chi connectivity index (χ4v) is 5.08. The topological polar surface area (TPSA) is 64.1 Å². The van der Waals surface area contributed by atoms with Gasteiger partial charge in [0.15, 0.2) is 0 Å². The normalized spacial score (nSPS) is 25.1. The van der Waals surface area contributed by atoms with Gasteiger partial charge in [0.2, 0.25) is 5.91 Å². The summed E-state index contributed by atoms with van der Waals surface area (Å²) in [5.41, 5.74) is -0.320. The molecule has 178 valence electrons. The SMILES string of the molecule is CC[C@@H]1CN(C(=O)[C@H]2CCCN(C(=O)c3ccc(F)cc3)C2)[C@H](CC)CN1CC(C)(C)O. The first-order valence-electron chi connectivity index (χ1n) is 11.9. The second-order valence-electron chi connectivity index (χ2n) is 9.95. The van der Waals surface area contributed by atoms with E-state index in [1.807, 2.05) is 18.7 Å². The second kappa shape index (κ2) is 10.3. The van der Waals surface area contributed by atoms with Crippen LogP contribution in [-0.4, -0.2) is 82.0 Å². The Kier molecular flexibility index (Phi) is 7.93. The van der Waals surface area contributed by atoms with Crippen molar-refractivity contribution in [3.8, 4) is 0 Å². The number of carbonyl (C=O) groups is 2. The molecule has 1 aromatic carbocycles. The Morgan fingerprint density at radius 2 is 1.72 bits per heavy atom. The van der Waals surface area contributed by atoms with Crippen LogP contribution in [0.3, 0.4) is 0 Å². The summed E-state index contributed by atoms with van der Waals surface area (Å²) in [5.74, 6) is -0.584. The van der Waals surface area contributed by atoms with Gasteiger partial charge in [-0.3, -0.25) is 14.5 Å². The number of hydrogen-bond acceptors (Lipinski definition) is 4. The number of rotatable bonds is 6. The van der Waals surface area contributed by atoms with Crippen LogP contribution in [0.4, 0.5) is 4.39 Å². The van der Waals surface area contributed by atoms with Crippen LogP contribution in [0, 0.1) is 11.7 Å². The molecule has 2 heterocycles. The lowest BCUT2D eigenvalue weighted by atomic mass is 9.92. The minimum Gasteiger partial charge on any atom is -0.389 e. The highest BCUT2D eigenvalue weighted by molar-refractivity contribution is 5.94. The predicted molar refractivity (Wildman–Crippen MR) is 123 cm³/mol. The third-order valence-electron chi connectivity index (χ3n) is 6.77. The zero-order valence-electron chi connectivity index (χ0n) is 19.9. The van der Waals surface area contributed by atoms with Crippen molar-refractivity contribution in [1.29, 1.82) is 0 Å². The Bertz CT molecular complexity index is 793. The van der Waals surface area contributed by atoms with Crippen molar-refractivity contribution in [3.05, 3.63) is 35.6 Å².